The molecule has 0 radical (unpaired) electrons. The predicted octanol–water partition coefficient (Wildman–Crippen LogP) is 3.26. The number of aliphatic carboxylic acids is 1. The molecule has 1 N–H and O–H groups in total. The zero-order valence-electron chi connectivity index (χ0n) is 11.6. The van der Waals surface area contributed by atoms with Gasteiger partial charge in [0, 0.05) is 17.6 Å². The van der Waals surface area contributed by atoms with Crippen molar-refractivity contribution in [2.24, 2.45) is 11.3 Å². The van der Waals surface area contributed by atoms with Crippen LogP contribution in [0, 0.1) is 22.7 Å². The van der Waals surface area contributed by atoms with Crippen LogP contribution in [0.2, 0.25) is 0 Å². The molecule has 1 heterocycles. The van der Waals surface area contributed by atoms with E-state index >= 15 is 0 Å². The molecule has 1 aromatic carbocycles. The summed E-state index contributed by atoms with van der Waals surface area (Å²) in [7, 11) is 0. The van der Waals surface area contributed by atoms with Crippen molar-refractivity contribution in [3.8, 4) is 6.07 Å². The molecule has 20 heavy (non-hydrogen) atoms. The first-order valence-corrected chi connectivity index (χ1v) is 7.38. The van der Waals surface area contributed by atoms with Gasteiger partial charge in [0.05, 0.1) is 16.7 Å². The monoisotopic (exact) mass is 336 g/mol. The van der Waals surface area contributed by atoms with Crippen LogP contribution >= 0.6 is 15.9 Å². The average Bonchev–Trinajstić information content (AvgIpc) is 2.85. The second kappa shape index (κ2) is 5.45. The minimum Gasteiger partial charge on any atom is -0.481 e. The highest BCUT2D eigenvalue weighted by Gasteiger charge is 2.47. The molecule has 2 rings (SSSR count). The minimum absolute atomic E-state index is 0.0580. The molecule has 0 aliphatic carbocycles. The van der Waals surface area contributed by atoms with E-state index in [9.17, 15) is 15.2 Å². The smallest absolute Gasteiger partial charge is 0.311 e. The van der Waals surface area contributed by atoms with E-state index in [-0.39, 0.29) is 5.92 Å². The van der Waals surface area contributed by atoms with Gasteiger partial charge in [0.2, 0.25) is 0 Å². The van der Waals surface area contributed by atoms with Crippen LogP contribution in [0.1, 0.15) is 25.8 Å². The fourth-order valence-electron chi connectivity index (χ4n) is 2.79. The lowest BCUT2D eigenvalue weighted by molar-refractivity contribution is -0.150. The van der Waals surface area contributed by atoms with Crippen LogP contribution in [0.15, 0.2) is 22.7 Å². The van der Waals surface area contributed by atoms with E-state index in [0.29, 0.717) is 25.1 Å². The Bertz CT molecular complexity index is 580. The van der Waals surface area contributed by atoms with Crippen molar-refractivity contribution in [1.82, 2.24) is 0 Å². The molecule has 0 amide bonds. The molecular weight excluding hydrogens is 320 g/mol. The van der Waals surface area contributed by atoms with Crippen molar-refractivity contribution < 1.29 is 9.90 Å². The SMILES string of the molecule is CC(C)C1(C(=O)O)CCN(c2cc(Br)ccc2C#N)C1. The van der Waals surface area contributed by atoms with Gasteiger partial charge in [-0.05, 0) is 30.5 Å². The maximum absolute atomic E-state index is 11.7. The Balaban J connectivity index is 2.37. The standard InChI is InChI=1S/C15H17BrN2O2/c1-10(2)15(14(19)20)5-6-18(9-15)13-7-12(16)4-3-11(13)8-17/h3-4,7,10H,5-6,9H2,1-2H3,(H,19,20). The van der Waals surface area contributed by atoms with E-state index < -0.39 is 11.4 Å². The van der Waals surface area contributed by atoms with E-state index in [1.54, 1.807) is 6.07 Å². The van der Waals surface area contributed by atoms with Crippen molar-refractivity contribution in [2.75, 3.05) is 18.0 Å². The van der Waals surface area contributed by atoms with E-state index in [1.807, 2.05) is 30.9 Å². The van der Waals surface area contributed by atoms with Gasteiger partial charge in [-0.25, -0.2) is 0 Å². The fourth-order valence-corrected chi connectivity index (χ4v) is 3.14. The van der Waals surface area contributed by atoms with E-state index in [2.05, 4.69) is 22.0 Å². The van der Waals surface area contributed by atoms with Gasteiger partial charge in [-0.3, -0.25) is 4.79 Å². The highest BCUT2D eigenvalue weighted by molar-refractivity contribution is 9.10. The highest BCUT2D eigenvalue weighted by Crippen LogP contribution is 2.41. The number of hydrogen-bond acceptors (Lipinski definition) is 3. The number of benzene rings is 1. The van der Waals surface area contributed by atoms with Crippen molar-refractivity contribution >= 4 is 27.6 Å². The fraction of sp³-hybridized carbons (Fsp3) is 0.467. The van der Waals surface area contributed by atoms with Gasteiger partial charge in [0.15, 0.2) is 0 Å². The normalized spacial score (nSPS) is 22.1. The summed E-state index contributed by atoms with van der Waals surface area (Å²) in [6.45, 7) is 5.01. The van der Waals surface area contributed by atoms with Crippen LogP contribution in [-0.2, 0) is 4.79 Å². The summed E-state index contributed by atoms with van der Waals surface area (Å²) in [5.41, 5.74) is 0.665. The van der Waals surface area contributed by atoms with Gasteiger partial charge in [0.25, 0.3) is 0 Å². The second-order valence-corrected chi connectivity index (χ2v) is 6.48. The highest BCUT2D eigenvalue weighted by atomic mass is 79.9. The van der Waals surface area contributed by atoms with E-state index in [1.165, 1.54) is 0 Å². The Labute approximate surface area is 127 Å². The molecule has 1 aliphatic rings. The molecule has 5 heteroatoms. The summed E-state index contributed by atoms with van der Waals surface area (Å²) in [6, 6.07) is 7.65. The molecule has 0 spiro atoms. The lowest BCUT2D eigenvalue weighted by atomic mass is 9.76. The van der Waals surface area contributed by atoms with Crippen molar-refractivity contribution in [2.45, 2.75) is 20.3 Å². The molecule has 1 unspecified atom stereocenters. The number of nitrogens with zero attached hydrogens (tertiary/aromatic N) is 2. The summed E-state index contributed by atoms with van der Waals surface area (Å²) in [5, 5.41) is 18.8. The van der Waals surface area contributed by atoms with Crippen LogP contribution in [0.25, 0.3) is 0 Å². The number of halogens is 1. The molecule has 0 bridgehead atoms. The molecule has 1 fully saturated rings. The topological polar surface area (TPSA) is 64.3 Å². The maximum Gasteiger partial charge on any atom is 0.311 e. The molecule has 4 nitrogen and oxygen atoms in total. The van der Waals surface area contributed by atoms with Crippen molar-refractivity contribution in [1.29, 1.82) is 5.26 Å². The molecule has 0 aromatic heterocycles. The number of nitriles is 1. The van der Waals surface area contributed by atoms with Crippen LogP contribution in [0.3, 0.4) is 0 Å². The van der Waals surface area contributed by atoms with E-state index in [4.69, 9.17) is 0 Å². The number of carbonyl (C=O) groups is 1. The average molecular weight is 337 g/mol. The zero-order chi connectivity index (χ0) is 14.9. The van der Waals surface area contributed by atoms with Gasteiger partial charge in [-0.2, -0.15) is 5.26 Å². The van der Waals surface area contributed by atoms with Crippen LogP contribution in [0.5, 0.6) is 0 Å². The first-order valence-electron chi connectivity index (χ1n) is 6.58. The van der Waals surface area contributed by atoms with Crippen LogP contribution in [-0.4, -0.2) is 24.2 Å². The number of anilines is 1. The quantitative estimate of drug-likeness (QED) is 0.920. The molecule has 106 valence electrons. The number of carboxylic acids is 1. The second-order valence-electron chi connectivity index (χ2n) is 5.56. The summed E-state index contributed by atoms with van der Waals surface area (Å²) < 4.78 is 0.892. The molecule has 0 saturated carbocycles. The van der Waals surface area contributed by atoms with Gasteiger partial charge >= 0.3 is 5.97 Å². The van der Waals surface area contributed by atoms with Gasteiger partial charge in [-0.15, -0.1) is 0 Å². The summed E-state index contributed by atoms with van der Waals surface area (Å²) in [6.07, 6.45) is 0.609. The molecule has 1 atom stereocenters. The molecule has 1 saturated heterocycles. The number of rotatable bonds is 3. The predicted molar refractivity (Wildman–Crippen MR) is 80.6 cm³/mol. The number of carboxylic acid groups (broad SMARTS) is 1. The van der Waals surface area contributed by atoms with Gasteiger partial charge in [0.1, 0.15) is 6.07 Å². The maximum atomic E-state index is 11.7. The molecule has 1 aliphatic heterocycles. The Morgan fingerprint density at radius 3 is 2.75 bits per heavy atom. The Kier molecular flexibility index (Phi) is 4.05. The zero-order valence-corrected chi connectivity index (χ0v) is 13.1. The van der Waals surface area contributed by atoms with Crippen LogP contribution < -0.4 is 4.90 Å². The lowest BCUT2D eigenvalue weighted by Crippen LogP contribution is -2.39. The minimum atomic E-state index is -0.747. The largest absolute Gasteiger partial charge is 0.481 e. The molecule has 1 aromatic rings. The van der Waals surface area contributed by atoms with Crippen molar-refractivity contribution in [3.63, 3.8) is 0 Å². The summed E-state index contributed by atoms with van der Waals surface area (Å²) in [4.78, 5) is 13.7. The first-order chi connectivity index (χ1) is 9.40. The first kappa shape index (κ1) is 14.9. The Morgan fingerprint density at radius 2 is 2.25 bits per heavy atom. The number of hydrogen-bond donors (Lipinski definition) is 1. The van der Waals surface area contributed by atoms with Gasteiger partial charge in [-0.1, -0.05) is 29.8 Å². The molecular formula is C15H17BrN2O2. The third-order valence-corrected chi connectivity index (χ3v) is 4.75. The summed E-state index contributed by atoms with van der Waals surface area (Å²) in [5.74, 6) is -0.689. The third-order valence-electron chi connectivity index (χ3n) is 4.25. The van der Waals surface area contributed by atoms with E-state index in [0.717, 1.165) is 10.2 Å². The van der Waals surface area contributed by atoms with Gasteiger partial charge < -0.3 is 10.0 Å². The Hall–Kier alpha value is -1.54. The van der Waals surface area contributed by atoms with Crippen LogP contribution in [0.4, 0.5) is 5.69 Å². The third kappa shape index (κ3) is 2.40. The summed E-state index contributed by atoms with van der Waals surface area (Å²) >= 11 is 3.41. The van der Waals surface area contributed by atoms with Crippen molar-refractivity contribution in [3.05, 3.63) is 28.2 Å². The lowest BCUT2D eigenvalue weighted by Gasteiger charge is -2.29. The Morgan fingerprint density at radius 1 is 1.55 bits per heavy atom.